The third-order valence-corrected chi connectivity index (χ3v) is 3.41. The molecule has 1 atom stereocenters. The van der Waals surface area contributed by atoms with Gasteiger partial charge in [0, 0.05) is 4.88 Å². The Morgan fingerprint density at radius 2 is 2.13 bits per heavy atom. The second kappa shape index (κ2) is 5.07. The van der Waals surface area contributed by atoms with E-state index in [-0.39, 0.29) is 17.7 Å². The Bertz CT molecular complexity index is 368. The summed E-state index contributed by atoms with van der Waals surface area (Å²) in [6, 6.07) is 3.56. The second-order valence-corrected chi connectivity index (χ2v) is 4.35. The summed E-state index contributed by atoms with van der Waals surface area (Å²) in [4.78, 5) is 24.0. The van der Waals surface area contributed by atoms with Gasteiger partial charge in [-0.15, -0.1) is 11.3 Å². The van der Waals surface area contributed by atoms with Crippen molar-refractivity contribution in [2.75, 3.05) is 6.61 Å². The van der Waals surface area contributed by atoms with Crippen LogP contribution in [0.5, 0.6) is 0 Å². The Hall–Kier alpha value is -1.16. The number of hydrogen-bond acceptors (Lipinski definition) is 4. The molecule has 0 bridgehead atoms. The fourth-order valence-electron chi connectivity index (χ4n) is 1.16. The van der Waals surface area contributed by atoms with Crippen LogP contribution in [0, 0.1) is 0 Å². The summed E-state index contributed by atoms with van der Waals surface area (Å²) >= 11 is 1.35. The van der Waals surface area contributed by atoms with Gasteiger partial charge in [0.1, 0.15) is 0 Å². The minimum Gasteiger partial charge on any atom is -0.466 e. The van der Waals surface area contributed by atoms with E-state index < -0.39 is 0 Å². The van der Waals surface area contributed by atoms with Crippen molar-refractivity contribution in [1.82, 2.24) is 0 Å². The van der Waals surface area contributed by atoms with Gasteiger partial charge in [0.15, 0.2) is 5.78 Å². The van der Waals surface area contributed by atoms with Crippen LogP contribution in [-0.4, -0.2) is 18.4 Å². The number of thiophene rings is 1. The molecule has 1 aromatic rings. The molecular formula is C11H14O3S. The van der Waals surface area contributed by atoms with Crippen molar-refractivity contribution in [3.05, 3.63) is 21.9 Å². The number of ketones is 1. The second-order valence-electron chi connectivity index (χ2n) is 3.23. The summed E-state index contributed by atoms with van der Waals surface area (Å²) in [6.07, 6.45) is 0. The van der Waals surface area contributed by atoms with Crippen LogP contribution >= 0.6 is 11.3 Å². The van der Waals surface area contributed by atoms with E-state index in [2.05, 4.69) is 0 Å². The van der Waals surface area contributed by atoms with Gasteiger partial charge in [-0.2, -0.15) is 0 Å². The lowest BCUT2D eigenvalue weighted by molar-refractivity contribution is -0.144. The zero-order chi connectivity index (χ0) is 11.4. The van der Waals surface area contributed by atoms with Gasteiger partial charge >= 0.3 is 5.97 Å². The van der Waals surface area contributed by atoms with Gasteiger partial charge in [0.05, 0.1) is 17.4 Å². The fraction of sp³-hybridized carbons (Fsp3) is 0.455. The molecule has 0 aromatic carbocycles. The molecule has 4 heteroatoms. The van der Waals surface area contributed by atoms with E-state index in [4.69, 9.17) is 4.74 Å². The molecule has 0 fully saturated rings. The highest BCUT2D eigenvalue weighted by Gasteiger charge is 2.18. The summed E-state index contributed by atoms with van der Waals surface area (Å²) in [6.45, 7) is 5.46. The maximum Gasteiger partial charge on any atom is 0.313 e. The normalized spacial score (nSPS) is 12.2. The Kier molecular flexibility index (Phi) is 4.03. The van der Waals surface area contributed by atoms with Crippen molar-refractivity contribution in [2.45, 2.75) is 26.7 Å². The molecule has 0 saturated carbocycles. The minimum absolute atomic E-state index is 0.0299. The van der Waals surface area contributed by atoms with E-state index in [0.717, 1.165) is 4.88 Å². The Morgan fingerprint density at radius 3 is 2.60 bits per heavy atom. The molecule has 1 rings (SSSR count). The molecule has 0 N–H and O–H groups in total. The van der Waals surface area contributed by atoms with Crippen LogP contribution in [0.1, 0.15) is 41.2 Å². The molecule has 0 aliphatic heterocycles. The lowest BCUT2D eigenvalue weighted by Crippen LogP contribution is -2.11. The van der Waals surface area contributed by atoms with Crippen molar-refractivity contribution >= 4 is 23.1 Å². The minimum atomic E-state index is -0.289. The van der Waals surface area contributed by atoms with E-state index in [9.17, 15) is 9.59 Å². The molecule has 1 heterocycles. The number of rotatable bonds is 4. The van der Waals surface area contributed by atoms with Crippen LogP contribution in [0.3, 0.4) is 0 Å². The smallest absolute Gasteiger partial charge is 0.313 e. The zero-order valence-electron chi connectivity index (χ0n) is 9.07. The highest BCUT2D eigenvalue weighted by molar-refractivity contribution is 7.14. The van der Waals surface area contributed by atoms with Gasteiger partial charge in [0.2, 0.25) is 0 Å². The highest BCUT2D eigenvalue weighted by atomic mass is 32.1. The predicted octanol–water partition coefficient (Wildman–Crippen LogP) is 2.62. The van der Waals surface area contributed by atoms with Crippen molar-refractivity contribution < 1.29 is 14.3 Å². The summed E-state index contributed by atoms with van der Waals surface area (Å²) in [7, 11) is 0. The van der Waals surface area contributed by atoms with E-state index in [0.29, 0.717) is 11.5 Å². The van der Waals surface area contributed by atoms with E-state index in [1.807, 2.05) is 6.07 Å². The Labute approximate surface area is 93.1 Å². The molecule has 0 aliphatic carbocycles. The van der Waals surface area contributed by atoms with Crippen LogP contribution in [0.15, 0.2) is 12.1 Å². The van der Waals surface area contributed by atoms with Crippen LogP contribution < -0.4 is 0 Å². The third kappa shape index (κ3) is 2.89. The Morgan fingerprint density at radius 1 is 1.47 bits per heavy atom. The molecular weight excluding hydrogens is 212 g/mol. The van der Waals surface area contributed by atoms with Gasteiger partial charge in [-0.1, -0.05) is 0 Å². The summed E-state index contributed by atoms with van der Waals surface area (Å²) in [5.41, 5.74) is 0. The van der Waals surface area contributed by atoms with Crippen molar-refractivity contribution in [3.8, 4) is 0 Å². The van der Waals surface area contributed by atoms with E-state index >= 15 is 0 Å². The molecule has 1 unspecified atom stereocenters. The number of Topliss-reactive ketones (excluding diaryl/α,β-unsaturated/α-hetero) is 1. The SMILES string of the molecule is CCOC(=O)C(C)c1ccc(C(C)=O)s1. The Balaban J connectivity index is 2.78. The molecule has 3 nitrogen and oxygen atoms in total. The lowest BCUT2D eigenvalue weighted by atomic mass is 10.1. The van der Waals surface area contributed by atoms with Crippen molar-refractivity contribution in [3.63, 3.8) is 0 Å². The molecule has 1 aromatic heterocycles. The number of carbonyl (C=O) groups is 2. The van der Waals surface area contributed by atoms with E-state index in [1.54, 1.807) is 19.9 Å². The van der Waals surface area contributed by atoms with Crippen LogP contribution in [0.25, 0.3) is 0 Å². The zero-order valence-corrected chi connectivity index (χ0v) is 9.89. The monoisotopic (exact) mass is 226 g/mol. The number of carbonyl (C=O) groups excluding carboxylic acids is 2. The first kappa shape index (κ1) is 11.9. The molecule has 0 amide bonds. The largest absolute Gasteiger partial charge is 0.466 e. The van der Waals surface area contributed by atoms with Crippen molar-refractivity contribution in [1.29, 1.82) is 0 Å². The van der Waals surface area contributed by atoms with Gasteiger partial charge < -0.3 is 4.74 Å². The van der Waals surface area contributed by atoms with Crippen LogP contribution in [0.4, 0.5) is 0 Å². The first-order chi connectivity index (χ1) is 7.06. The first-order valence-corrected chi connectivity index (χ1v) is 5.65. The lowest BCUT2D eigenvalue weighted by Gasteiger charge is -2.07. The standard InChI is InChI=1S/C11H14O3S/c1-4-14-11(13)7(2)9-5-6-10(15-9)8(3)12/h5-7H,4H2,1-3H3. The molecule has 0 saturated heterocycles. The van der Waals surface area contributed by atoms with Crippen LogP contribution in [-0.2, 0) is 9.53 Å². The van der Waals surface area contributed by atoms with Gasteiger partial charge in [0.25, 0.3) is 0 Å². The van der Waals surface area contributed by atoms with Gasteiger partial charge in [-0.3, -0.25) is 9.59 Å². The predicted molar refractivity (Wildman–Crippen MR) is 59.4 cm³/mol. The molecule has 0 radical (unpaired) electrons. The van der Waals surface area contributed by atoms with Gasteiger partial charge in [-0.05, 0) is 32.9 Å². The van der Waals surface area contributed by atoms with Crippen molar-refractivity contribution in [2.24, 2.45) is 0 Å². The maximum atomic E-state index is 11.4. The maximum absolute atomic E-state index is 11.4. The summed E-state index contributed by atoms with van der Waals surface area (Å²) < 4.78 is 4.91. The molecule has 82 valence electrons. The quantitative estimate of drug-likeness (QED) is 0.585. The van der Waals surface area contributed by atoms with Gasteiger partial charge in [-0.25, -0.2) is 0 Å². The summed E-state index contributed by atoms with van der Waals surface area (Å²) in [5, 5.41) is 0. The number of ether oxygens (including phenoxy) is 1. The first-order valence-electron chi connectivity index (χ1n) is 4.83. The number of esters is 1. The summed E-state index contributed by atoms with van der Waals surface area (Å²) in [5.74, 6) is -0.500. The highest BCUT2D eigenvalue weighted by Crippen LogP contribution is 2.25. The van der Waals surface area contributed by atoms with Crippen LogP contribution in [0.2, 0.25) is 0 Å². The fourth-order valence-corrected chi connectivity index (χ4v) is 2.10. The average Bonchev–Trinajstić information content (AvgIpc) is 2.65. The average molecular weight is 226 g/mol. The van der Waals surface area contributed by atoms with E-state index in [1.165, 1.54) is 18.3 Å². The molecule has 0 aliphatic rings. The topological polar surface area (TPSA) is 43.4 Å². The molecule has 15 heavy (non-hydrogen) atoms. The third-order valence-electron chi connectivity index (χ3n) is 2.04. The number of hydrogen-bond donors (Lipinski definition) is 0. The molecule has 0 spiro atoms.